The van der Waals surface area contributed by atoms with Gasteiger partial charge < -0.3 is 118 Å². The second kappa shape index (κ2) is 44.8. The Bertz CT molecular complexity index is 3990. The Labute approximate surface area is 640 Å². The van der Waals surface area contributed by atoms with Crippen LogP contribution in [-0.4, -0.2) is 230 Å². The van der Waals surface area contributed by atoms with Gasteiger partial charge >= 0.3 is 5.97 Å². The Balaban J connectivity index is 1.31. The maximum absolute atomic E-state index is 14.5. The van der Waals surface area contributed by atoms with Crippen molar-refractivity contribution >= 4 is 129 Å². The van der Waals surface area contributed by atoms with Gasteiger partial charge in [0.25, 0.3) is 0 Å². The van der Waals surface area contributed by atoms with Crippen LogP contribution in [0.5, 0.6) is 5.75 Å². The molecule has 42 heteroatoms. The van der Waals surface area contributed by atoms with Gasteiger partial charge in [0, 0.05) is 74.1 Å². The molecule has 111 heavy (non-hydrogen) atoms. The molecular formula is C69H98N22O19S. The van der Waals surface area contributed by atoms with E-state index in [0.717, 1.165) is 0 Å². The van der Waals surface area contributed by atoms with Crippen molar-refractivity contribution in [1.29, 1.82) is 5.41 Å². The zero-order valence-electron chi connectivity index (χ0n) is 61.5. The van der Waals surface area contributed by atoms with Crippen LogP contribution in [0.2, 0.25) is 0 Å². The first-order valence-electron chi connectivity index (χ1n) is 35.4. The first-order valence-corrected chi connectivity index (χ1v) is 36.8. The first kappa shape index (κ1) is 89.2. The molecule has 5 rings (SSSR count). The van der Waals surface area contributed by atoms with E-state index in [1.54, 1.807) is 50.6 Å². The second-order valence-corrected chi connectivity index (χ2v) is 27.6. The number of guanidine groups is 1. The lowest BCUT2D eigenvalue weighted by atomic mass is 10.0. The van der Waals surface area contributed by atoms with Crippen LogP contribution in [0, 0.1) is 11.3 Å². The van der Waals surface area contributed by atoms with Crippen LogP contribution in [0.1, 0.15) is 108 Å². The molecule has 0 bridgehead atoms. The van der Waals surface area contributed by atoms with E-state index in [0.29, 0.717) is 33.5 Å². The smallest absolute Gasteiger partial charge is 0.326 e. The number of carboxylic acids is 1. The largest absolute Gasteiger partial charge is 0.508 e. The third kappa shape index (κ3) is 31.4. The number of hydrogen-bond acceptors (Lipinski definition) is 21. The molecule has 27 N–H and O–H groups in total. The molecule has 41 nitrogen and oxygen atoms in total. The summed E-state index contributed by atoms with van der Waals surface area (Å²) in [6, 6.07) is -4.15. The minimum atomic E-state index is -1.93. The van der Waals surface area contributed by atoms with E-state index in [9.17, 15) is 91.7 Å². The van der Waals surface area contributed by atoms with Crippen LogP contribution in [0.3, 0.4) is 0 Å². The summed E-state index contributed by atoms with van der Waals surface area (Å²) in [4.78, 5) is 238. The van der Waals surface area contributed by atoms with Gasteiger partial charge in [0.1, 0.15) is 72.2 Å². The van der Waals surface area contributed by atoms with Crippen molar-refractivity contribution in [2.24, 2.45) is 28.9 Å². The number of primary amides is 3. The lowest BCUT2D eigenvalue weighted by molar-refractivity contribution is -0.142. The fraction of sp³-hybridized carbons (Fsp3) is 0.493. The molecular weight excluding hydrogens is 1470 g/mol. The summed E-state index contributed by atoms with van der Waals surface area (Å²) in [7, 11) is 0. The fourth-order valence-electron chi connectivity index (χ4n) is 11.3. The topological polar surface area (TPSA) is 671 Å². The molecule has 1 saturated heterocycles. The maximum atomic E-state index is 14.5. The zero-order valence-corrected chi connectivity index (χ0v) is 62.3. The number of phenols is 1. The molecule has 2 aromatic heterocycles. The number of carbonyl (C=O) groups is 17. The van der Waals surface area contributed by atoms with Crippen molar-refractivity contribution in [1.82, 2.24) is 89.4 Å². The average molecular weight is 1570 g/mol. The van der Waals surface area contributed by atoms with E-state index < -0.39 is 212 Å². The van der Waals surface area contributed by atoms with Crippen molar-refractivity contribution in [3.05, 3.63) is 84.1 Å². The molecule has 3 heterocycles. The van der Waals surface area contributed by atoms with Gasteiger partial charge in [-0.15, -0.1) is 0 Å². The Morgan fingerprint density at radius 3 is 1.65 bits per heavy atom. The molecule has 0 aliphatic carbocycles. The van der Waals surface area contributed by atoms with Crippen molar-refractivity contribution in [3.63, 3.8) is 0 Å². The van der Waals surface area contributed by atoms with Crippen LogP contribution in [0.25, 0.3) is 10.9 Å². The summed E-state index contributed by atoms with van der Waals surface area (Å²) in [5, 5.41) is 62.4. The number of hydrogen-bond donors (Lipinski definition) is 23. The summed E-state index contributed by atoms with van der Waals surface area (Å²) in [6.45, 7) is 3.03. The number of aromatic hydroxyl groups is 1. The molecule has 0 spiro atoms. The van der Waals surface area contributed by atoms with E-state index >= 15 is 0 Å². The normalized spacial score (nSPS) is 15.0. The molecule has 1 aliphatic rings. The van der Waals surface area contributed by atoms with Crippen molar-refractivity contribution in [2.75, 3.05) is 31.6 Å². The number of nitrogens with one attached hydrogen (secondary N) is 17. The predicted octanol–water partition coefficient (Wildman–Crippen LogP) is -6.44. The van der Waals surface area contributed by atoms with E-state index in [4.69, 9.17) is 28.3 Å². The molecule has 0 saturated carbocycles. The number of fused-ring (bicyclic) bond motifs is 1. The van der Waals surface area contributed by atoms with Crippen LogP contribution in [0.15, 0.2) is 67.3 Å². The van der Waals surface area contributed by atoms with Crippen LogP contribution < -0.4 is 97.4 Å². The van der Waals surface area contributed by atoms with Gasteiger partial charge in [-0.1, -0.05) is 44.2 Å². The minimum Gasteiger partial charge on any atom is -0.508 e. The number of amides is 16. The number of benzene rings is 2. The second-order valence-electron chi connectivity index (χ2n) is 26.6. The van der Waals surface area contributed by atoms with E-state index in [1.165, 1.54) is 55.5 Å². The van der Waals surface area contributed by atoms with Crippen molar-refractivity contribution in [3.8, 4) is 5.75 Å². The predicted molar refractivity (Wildman–Crippen MR) is 398 cm³/mol. The highest BCUT2D eigenvalue weighted by Gasteiger charge is 2.37. The molecule has 1 aliphatic heterocycles. The molecule has 2 aromatic carbocycles. The summed E-state index contributed by atoms with van der Waals surface area (Å²) >= 11 is 1.37. The number of H-pyrrole nitrogens is 2. The molecule has 604 valence electrons. The number of aromatic amines is 2. The summed E-state index contributed by atoms with van der Waals surface area (Å²) in [6.07, 6.45) is 2.48. The number of carbonyl (C=O) groups excluding carboxylic acids is 16. The van der Waals surface area contributed by atoms with Gasteiger partial charge in [0.2, 0.25) is 94.5 Å². The van der Waals surface area contributed by atoms with Crippen LogP contribution in [-0.2, 0) is 101 Å². The highest BCUT2D eigenvalue weighted by Crippen LogP contribution is 2.21. The Hall–Kier alpha value is -12.4. The lowest BCUT2D eigenvalue weighted by Crippen LogP contribution is -2.59. The summed E-state index contributed by atoms with van der Waals surface area (Å²) in [5.41, 5.74) is 23.6. The Morgan fingerprint density at radius 1 is 0.568 bits per heavy atom. The van der Waals surface area contributed by atoms with Gasteiger partial charge in [-0.2, -0.15) is 11.8 Å². The number of carboxylic acid groups (broad SMARTS) is 1. The standard InChI is InChI=1S/C69H98N22O19S/c1-34(2)24-47(65(106)88-46(68(109)110)21-23-111-4)89-66(107)50(27-38-30-75-33-80-38)83-56(97)31-78-58(99)35(3)81-64(105)49(26-37-29-77-41-9-6-5-8-40(37)41)91-63(104)45(16-19-53(71)94)87-67(108)51(28-54(72)95)84-57(98)32-79-59(100)48(25-36-11-13-39(92)14-12-36)90-60(101)42(10-7-22-76-69(73)74)85-62(103)44(15-18-52(70)93)86-61(102)43-17-20-55(96)82-43/h5-6,8-9,11-14,29-30,33-35,42-51,77,92H,7,10,15-28,31-32H2,1-4H3,(H2,70,93)(H2,71,94)(H2,72,95)(H,75,80)(H,78,99)(H,79,100)(H,81,105)(H,82,96)(H,83,97)(H,84,98)(H,85,103)(H,86,102)(H,87,108)(H,88,106)(H,89,107)(H,90,101)(H,91,104)(H,109,110)(H4,73,74,76)/t35-,42-,43-,44-,45-,46-,47-,48-,49-,50-,51-/m0/s1. The lowest BCUT2D eigenvalue weighted by Gasteiger charge is -2.26. The van der Waals surface area contributed by atoms with Crippen molar-refractivity contribution < 1.29 is 91.7 Å². The highest BCUT2D eigenvalue weighted by molar-refractivity contribution is 7.98. The molecule has 1 fully saturated rings. The highest BCUT2D eigenvalue weighted by atomic mass is 32.2. The number of nitrogens with two attached hydrogens (primary N) is 4. The summed E-state index contributed by atoms with van der Waals surface area (Å²) < 4.78 is 0. The number of aliphatic carboxylic acids is 1. The van der Waals surface area contributed by atoms with Gasteiger partial charge in [0.05, 0.1) is 25.8 Å². The maximum Gasteiger partial charge on any atom is 0.326 e. The molecule has 0 radical (unpaired) electrons. The van der Waals surface area contributed by atoms with E-state index in [-0.39, 0.29) is 82.4 Å². The fourth-order valence-corrected chi connectivity index (χ4v) is 11.8. The average Bonchev–Trinajstić information content (AvgIpc) is 1.69. The van der Waals surface area contributed by atoms with E-state index in [2.05, 4.69) is 89.4 Å². The van der Waals surface area contributed by atoms with Crippen LogP contribution >= 0.6 is 11.8 Å². The monoisotopic (exact) mass is 1570 g/mol. The van der Waals surface area contributed by atoms with Gasteiger partial charge in [0.15, 0.2) is 5.96 Å². The van der Waals surface area contributed by atoms with Gasteiger partial charge in [-0.05, 0) is 99.1 Å². The van der Waals surface area contributed by atoms with E-state index in [1.807, 2.05) is 0 Å². The Morgan fingerprint density at radius 2 is 1.09 bits per heavy atom. The van der Waals surface area contributed by atoms with Crippen LogP contribution in [0.4, 0.5) is 0 Å². The number of thioether (sulfide) groups is 1. The molecule has 16 amide bonds. The minimum absolute atomic E-state index is 0.000798. The molecule has 0 unspecified atom stereocenters. The Kier molecular flexibility index (Phi) is 36.0. The van der Waals surface area contributed by atoms with Crippen molar-refractivity contribution in [2.45, 2.75) is 177 Å². The number of aromatic nitrogens is 3. The quantitative estimate of drug-likeness (QED) is 0.0111. The SMILES string of the molecule is CSCC[C@H](NC(=O)[C@H](CC(C)C)NC(=O)[C@H](Cc1cnc[nH]1)NC(=O)CNC(=O)[C@H](C)NC(=O)[C@H](Cc1c[nH]c2ccccc12)NC(=O)[C@H](CCC(N)=O)NC(=O)[C@H](CC(N)=O)NC(=O)CNC(=O)[C@H](Cc1ccc(O)cc1)NC(=O)[C@H](CCCNC(=N)N)NC(=O)[C@H](CCC(N)=O)NC(=O)[C@@H]1CCC(=O)N1)C(=O)O. The number of imidazole rings is 1. The summed E-state index contributed by atoms with van der Waals surface area (Å²) in [5.74, 6) is -16.9. The number of nitrogens with zero attached hydrogens (tertiary/aromatic N) is 1. The number of phenolic OH excluding ortho intramolecular Hbond substituents is 1. The third-order valence-corrected chi connectivity index (χ3v) is 17.8. The zero-order chi connectivity index (χ0) is 82.0. The third-order valence-electron chi connectivity index (χ3n) is 17.1. The molecule has 11 atom stereocenters. The van der Waals surface area contributed by atoms with Gasteiger partial charge in [-0.3, -0.25) is 82.1 Å². The number of rotatable bonds is 48. The van der Waals surface area contributed by atoms with Gasteiger partial charge in [-0.25, -0.2) is 9.78 Å². The molecule has 4 aromatic rings. The number of para-hydroxylation sites is 1. The first-order chi connectivity index (χ1) is 52.6.